The van der Waals surface area contributed by atoms with E-state index in [0.717, 1.165) is 33.3 Å². The number of fused-ring (bicyclic) bond motifs is 1. The largest absolute Gasteiger partial charge is 0.383 e. The number of hydrogen-bond donors (Lipinski definition) is 1. The predicted molar refractivity (Wildman–Crippen MR) is 113 cm³/mol. The number of nitrogens with zero attached hydrogens (tertiary/aromatic N) is 2. The molecule has 3 nitrogen and oxygen atoms in total. The van der Waals surface area contributed by atoms with Gasteiger partial charge >= 0.3 is 0 Å². The summed E-state index contributed by atoms with van der Waals surface area (Å²) in [5, 5.41) is 3.16. The van der Waals surface area contributed by atoms with Crippen LogP contribution >= 0.6 is 11.3 Å². The topological polar surface area (TPSA) is 42.2 Å². The van der Waals surface area contributed by atoms with Crippen LogP contribution in [0, 0.1) is 11.8 Å². The van der Waals surface area contributed by atoms with Crippen LogP contribution < -0.4 is 5.73 Å². The lowest BCUT2D eigenvalue weighted by atomic mass is 10.0. The lowest BCUT2D eigenvalue weighted by Gasteiger charge is -2.28. The van der Waals surface area contributed by atoms with Crippen LogP contribution in [0.25, 0.3) is 21.2 Å². The fourth-order valence-corrected chi connectivity index (χ4v) is 4.23. The summed E-state index contributed by atoms with van der Waals surface area (Å²) in [4.78, 5) is 6.78. The molecule has 0 bridgehead atoms. The van der Waals surface area contributed by atoms with Gasteiger partial charge in [0.05, 0.1) is 16.8 Å². The molecule has 4 heteroatoms. The number of nitrogens with two attached hydrogens (primary N) is 1. The average molecular weight is 364 g/mol. The molecule has 0 saturated carbocycles. The van der Waals surface area contributed by atoms with E-state index in [4.69, 9.17) is 5.73 Å². The van der Waals surface area contributed by atoms with E-state index in [1.54, 1.807) is 17.5 Å². The van der Waals surface area contributed by atoms with E-state index >= 15 is 0 Å². The Hall–Kier alpha value is -2.35. The third-order valence-electron chi connectivity index (χ3n) is 4.52. The van der Waals surface area contributed by atoms with Gasteiger partial charge in [-0.05, 0) is 38.6 Å². The molecular formula is C22H25N3S. The number of aromatic nitrogens is 1. The molecule has 3 aromatic rings. The van der Waals surface area contributed by atoms with Gasteiger partial charge in [0.25, 0.3) is 0 Å². The number of rotatable bonds is 4. The first-order chi connectivity index (χ1) is 12.5. The minimum Gasteiger partial charge on any atom is -0.383 e. The van der Waals surface area contributed by atoms with Crippen LogP contribution in [0.5, 0.6) is 0 Å². The highest BCUT2D eigenvalue weighted by atomic mass is 32.1. The molecule has 3 rings (SSSR count). The van der Waals surface area contributed by atoms with Gasteiger partial charge < -0.3 is 5.73 Å². The number of benzene rings is 1. The van der Waals surface area contributed by atoms with Gasteiger partial charge in [0.2, 0.25) is 0 Å². The maximum absolute atomic E-state index is 6.20. The van der Waals surface area contributed by atoms with Crippen LogP contribution in [0.15, 0.2) is 41.9 Å². The molecule has 0 atom stereocenters. The van der Waals surface area contributed by atoms with Crippen molar-refractivity contribution < 1.29 is 0 Å². The molecule has 0 aliphatic carbocycles. The summed E-state index contributed by atoms with van der Waals surface area (Å²) < 4.78 is 1.12. The lowest BCUT2D eigenvalue weighted by molar-refractivity contribution is 0.200. The van der Waals surface area contributed by atoms with E-state index < -0.39 is 0 Å². The van der Waals surface area contributed by atoms with Gasteiger partial charge in [0, 0.05) is 29.2 Å². The van der Waals surface area contributed by atoms with Gasteiger partial charge in [-0.15, -0.1) is 11.3 Å². The number of nitrogen functional groups attached to an aromatic ring is 1. The highest BCUT2D eigenvalue weighted by Gasteiger charge is 2.14. The molecule has 0 saturated heterocycles. The average Bonchev–Trinajstić information content (AvgIpc) is 3.06. The minimum atomic E-state index is 0.472. The molecule has 0 spiro atoms. The Kier molecular flexibility index (Phi) is 5.61. The zero-order chi connectivity index (χ0) is 18.7. The summed E-state index contributed by atoms with van der Waals surface area (Å²) >= 11 is 1.68. The highest BCUT2D eigenvalue weighted by molar-refractivity contribution is 7.18. The van der Waals surface area contributed by atoms with E-state index in [2.05, 4.69) is 66.9 Å². The van der Waals surface area contributed by atoms with Crippen molar-refractivity contribution in [2.24, 2.45) is 0 Å². The Morgan fingerprint density at radius 2 is 1.81 bits per heavy atom. The highest BCUT2D eigenvalue weighted by Crippen LogP contribution is 2.38. The van der Waals surface area contributed by atoms with Crippen LogP contribution in [0.3, 0.4) is 0 Å². The Morgan fingerprint density at radius 3 is 2.46 bits per heavy atom. The smallest absolute Gasteiger partial charge is 0.132 e. The van der Waals surface area contributed by atoms with Crippen molar-refractivity contribution >= 4 is 27.2 Å². The maximum atomic E-state index is 6.20. The van der Waals surface area contributed by atoms with Crippen molar-refractivity contribution in [2.75, 3.05) is 12.3 Å². The molecule has 0 aliphatic rings. The molecule has 0 fully saturated rings. The molecular weight excluding hydrogens is 338 g/mol. The molecule has 0 aliphatic heterocycles. The first-order valence-corrected chi connectivity index (χ1v) is 9.82. The predicted octanol–water partition coefficient (Wildman–Crippen LogP) is 5.02. The number of anilines is 1. The SMILES string of the molecule is CC(C)N(CC#Cc1cnc(N)c2c(-c3ccccc3)csc12)C(C)C. The van der Waals surface area contributed by atoms with Crippen LogP contribution in [-0.2, 0) is 0 Å². The molecule has 26 heavy (non-hydrogen) atoms. The molecule has 1 aromatic carbocycles. The molecule has 2 heterocycles. The normalized spacial score (nSPS) is 11.3. The Morgan fingerprint density at radius 1 is 1.12 bits per heavy atom. The van der Waals surface area contributed by atoms with E-state index in [0.29, 0.717) is 17.9 Å². The van der Waals surface area contributed by atoms with E-state index in [9.17, 15) is 0 Å². The quantitative estimate of drug-likeness (QED) is 0.662. The van der Waals surface area contributed by atoms with Crippen molar-refractivity contribution in [1.82, 2.24) is 9.88 Å². The fraction of sp³-hybridized carbons (Fsp3) is 0.318. The van der Waals surface area contributed by atoms with Crippen molar-refractivity contribution in [2.45, 2.75) is 39.8 Å². The van der Waals surface area contributed by atoms with E-state index in [1.165, 1.54) is 0 Å². The summed E-state index contributed by atoms with van der Waals surface area (Å²) in [7, 11) is 0. The summed E-state index contributed by atoms with van der Waals surface area (Å²) in [6.07, 6.45) is 1.80. The monoisotopic (exact) mass is 363 g/mol. The Bertz CT molecular complexity index is 938. The minimum absolute atomic E-state index is 0.472. The third kappa shape index (κ3) is 3.75. The Labute approximate surface area is 159 Å². The number of pyridine rings is 1. The van der Waals surface area contributed by atoms with Crippen molar-refractivity contribution in [3.05, 3.63) is 47.5 Å². The van der Waals surface area contributed by atoms with E-state index in [1.807, 2.05) is 18.2 Å². The second-order valence-electron chi connectivity index (χ2n) is 6.94. The number of thiophene rings is 1. The second kappa shape index (κ2) is 7.90. The molecule has 2 aromatic heterocycles. The molecule has 0 amide bonds. The van der Waals surface area contributed by atoms with Crippen molar-refractivity contribution in [1.29, 1.82) is 0 Å². The van der Waals surface area contributed by atoms with Gasteiger partial charge in [-0.3, -0.25) is 4.90 Å². The second-order valence-corrected chi connectivity index (χ2v) is 7.82. The van der Waals surface area contributed by atoms with Crippen LogP contribution in [0.4, 0.5) is 5.82 Å². The van der Waals surface area contributed by atoms with Crippen LogP contribution in [0.1, 0.15) is 33.3 Å². The zero-order valence-electron chi connectivity index (χ0n) is 15.8. The molecule has 0 unspecified atom stereocenters. The van der Waals surface area contributed by atoms with Gasteiger partial charge in [-0.1, -0.05) is 42.2 Å². The van der Waals surface area contributed by atoms with Crippen LogP contribution in [-0.4, -0.2) is 28.5 Å². The molecule has 0 radical (unpaired) electrons. The standard InChI is InChI=1S/C22H25N3S/c1-15(2)25(16(3)4)12-8-11-18-13-24-22(23)20-19(14-26-21(18)20)17-9-6-5-7-10-17/h5-7,9-10,13-16H,12H2,1-4H3,(H2,23,24). The van der Waals surface area contributed by atoms with Gasteiger partial charge in [-0.2, -0.15) is 0 Å². The molecule has 134 valence electrons. The first-order valence-electron chi connectivity index (χ1n) is 8.94. The summed E-state index contributed by atoms with van der Waals surface area (Å²) in [5.74, 6) is 7.21. The fourth-order valence-electron chi connectivity index (χ4n) is 3.17. The zero-order valence-corrected chi connectivity index (χ0v) is 16.6. The maximum Gasteiger partial charge on any atom is 0.132 e. The summed E-state index contributed by atoms with van der Waals surface area (Å²) in [6.45, 7) is 9.57. The van der Waals surface area contributed by atoms with Crippen LogP contribution in [0.2, 0.25) is 0 Å². The lowest BCUT2D eigenvalue weighted by Crippen LogP contribution is -2.37. The van der Waals surface area contributed by atoms with Gasteiger partial charge in [-0.25, -0.2) is 4.98 Å². The van der Waals surface area contributed by atoms with Crippen molar-refractivity contribution in [3.8, 4) is 23.0 Å². The summed E-state index contributed by atoms with van der Waals surface area (Å²) in [5.41, 5.74) is 9.44. The first kappa shape index (κ1) is 18.4. The third-order valence-corrected chi connectivity index (χ3v) is 5.53. The van der Waals surface area contributed by atoms with Crippen molar-refractivity contribution in [3.63, 3.8) is 0 Å². The Balaban J connectivity index is 1.98. The number of hydrogen-bond acceptors (Lipinski definition) is 4. The molecule has 2 N–H and O–H groups in total. The van der Waals surface area contributed by atoms with Gasteiger partial charge in [0.1, 0.15) is 5.82 Å². The van der Waals surface area contributed by atoms with Gasteiger partial charge in [0.15, 0.2) is 0 Å². The summed E-state index contributed by atoms with van der Waals surface area (Å²) in [6, 6.07) is 11.2. The van der Waals surface area contributed by atoms with E-state index in [-0.39, 0.29) is 0 Å².